The minimum Gasteiger partial charge on any atom is -0.454 e. The van der Waals surface area contributed by atoms with E-state index >= 15 is 0 Å². The molecule has 0 aliphatic heterocycles. The Hall–Kier alpha value is -6.85. The van der Waals surface area contributed by atoms with Gasteiger partial charge in [0.25, 0.3) is 0 Å². The number of hydrogen-bond acceptors (Lipinski definition) is 5. The van der Waals surface area contributed by atoms with Crippen molar-refractivity contribution in [3.05, 3.63) is 182 Å². The molecule has 9 rings (SSSR count). The van der Waals surface area contributed by atoms with Crippen LogP contribution in [0.4, 0.5) is 17.1 Å². The van der Waals surface area contributed by atoms with Gasteiger partial charge in [-0.05, 0) is 53.6 Å². The maximum Gasteiger partial charge on any atom is 0.164 e. The highest BCUT2D eigenvalue weighted by atomic mass is 16.3. The number of anilines is 3. The molecular weight excluding hydrogens is 613 g/mol. The van der Waals surface area contributed by atoms with E-state index in [2.05, 4.69) is 120 Å². The number of hydrogen-bond donors (Lipinski definition) is 0. The zero-order chi connectivity index (χ0) is 33.3. The third-order valence-electron chi connectivity index (χ3n) is 8.93. The predicted octanol–water partition coefficient (Wildman–Crippen LogP) is 11.9. The molecule has 2 aromatic heterocycles. The van der Waals surface area contributed by atoms with Crippen molar-refractivity contribution in [2.45, 2.75) is 0 Å². The Bertz CT molecular complexity index is 2530. The highest BCUT2D eigenvalue weighted by Gasteiger charge is 2.24. The van der Waals surface area contributed by atoms with Crippen LogP contribution in [-0.4, -0.2) is 15.0 Å². The van der Waals surface area contributed by atoms with E-state index in [1.165, 1.54) is 0 Å². The second-order valence-electron chi connectivity index (χ2n) is 12.1. The summed E-state index contributed by atoms with van der Waals surface area (Å²) in [7, 11) is 0. The Kier molecular flexibility index (Phi) is 7.41. The molecule has 7 aromatic carbocycles. The highest BCUT2D eigenvalue weighted by Crippen LogP contribution is 2.45. The molecule has 5 nitrogen and oxygen atoms in total. The first-order chi connectivity index (χ1) is 24.8. The molecule has 0 saturated heterocycles. The Morgan fingerprint density at radius 1 is 0.380 bits per heavy atom. The summed E-state index contributed by atoms with van der Waals surface area (Å²) in [5.41, 5.74) is 9.53. The summed E-state index contributed by atoms with van der Waals surface area (Å²) in [5.74, 6) is 1.79. The summed E-state index contributed by atoms with van der Waals surface area (Å²) in [4.78, 5) is 17.5. The average Bonchev–Trinajstić information content (AvgIpc) is 3.60. The molecule has 0 radical (unpaired) electrons. The van der Waals surface area contributed by atoms with E-state index in [1.54, 1.807) is 0 Å². The smallest absolute Gasteiger partial charge is 0.164 e. The van der Waals surface area contributed by atoms with Crippen LogP contribution < -0.4 is 4.90 Å². The topological polar surface area (TPSA) is 55.1 Å². The fourth-order valence-corrected chi connectivity index (χ4v) is 6.54. The summed E-state index contributed by atoms with van der Waals surface area (Å²) in [6.07, 6.45) is 0. The molecule has 5 heteroatoms. The molecule has 0 spiro atoms. The molecular formula is C45H30N4O. The van der Waals surface area contributed by atoms with Gasteiger partial charge in [-0.15, -0.1) is 0 Å². The van der Waals surface area contributed by atoms with Crippen LogP contribution >= 0.6 is 0 Å². The first kappa shape index (κ1) is 29.3. The van der Waals surface area contributed by atoms with Crippen molar-refractivity contribution in [1.82, 2.24) is 15.0 Å². The van der Waals surface area contributed by atoms with E-state index in [-0.39, 0.29) is 0 Å². The number of aromatic nitrogens is 3. The van der Waals surface area contributed by atoms with Crippen molar-refractivity contribution < 1.29 is 4.42 Å². The molecule has 0 unspecified atom stereocenters. The monoisotopic (exact) mass is 642 g/mol. The lowest BCUT2D eigenvalue weighted by Gasteiger charge is -2.25. The molecule has 0 amide bonds. The summed E-state index contributed by atoms with van der Waals surface area (Å²) in [6.45, 7) is 0. The summed E-state index contributed by atoms with van der Waals surface area (Å²) < 4.78 is 6.74. The molecule has 0 fully saturated rings. The SMILES string of the molecule is c1ccc(-c2ccc(-c3nc(-c4ccccc4)nc(-c4ccc(N(c5ccccc5)c5ccccc5)c5oc6ccccc6c45)n3)cc2)cc1. The van der Waals surface area contributed by atoms with Crippen molar-refractivity contribution in [3.63, 3.8) is 0 Å². The van der Waals surface area contributed by atoms with Crippen LogP contribution in [0.3, 0.4) is 0 Å². The van der Waals surface area contributed by atoms with Crippen LogP contribution in [0, 0.1) is 0 Å². The van der Waals surface area contributed by atoms with Gasteiger partial charge < -0.3 is 9.32 Å². The number of nitrogens with zero attached hydrogens (tertiary/aromatic N) is 4. The summed E-state index contributed by atoms with van der Waals surface area (Å²) in [5, 5.41) is 1.95. The van der Waals surface area contributed by atoms with Crippen molar-refractivity contribution in [3.8, 4) is 45.3 Å². The van der Waals surface area contributed by atoms with Crippen molar-refractivity contribution >= 4 is 39.0 Å². The Labute approximate surface area is 289 Å². The van der Waals surface area contributed by atoms with Crippen molar-refractivity contribution in [1.29, 1.82) is 0 Å². The average molecular weight is 643 g/mol. The van der Waals surface area contributed by atoms with Gasteiger partial charge in [-0.25, -0.2) is 15.0 Å². The third-order valence-corrected chi connectivity index (χ3v) is 8.93. The van der Waals surface area contributed by atoms with Crippen LogP contribution in [0.15, 0.2) is 186 Å². The minimum atomic E-state index is 0.579. The van der Waals surface area contributed by atoms with Gasteiger partial charge in [-0.1, -0.05) is 140 Å². The van der Waals surface area contributed by atoms with Crippen molar-refractivity contribution in [2.24, 2.45) is 0 Å². The predicted molar refractivity (Wildman–Crippen MR) is 204 cm³/mol. The molecule has 0 saturated carbocycles. The number of para-hydroxylation sites is 3. The maximum absolute atomic E-state index is 6.74. The van der Waals surface area contributed by atoms with Crippen molar-refractivity contribution in [2.75, 3.05) is 4.90 Å². The van der Waals surface area contributed by atoms with Gasteiger partial charge in [0, 0.05) is 38.8 Å². The van der Waals surface area contributed by atoms with E-state index < -0.39 is 0 Å². The molecule has 0 N–H and O–H groups in total. The lowest BCUT2D eigenvalue weighted by Crippen LogP contribution is -2.10. The molecule has 0 atom stereocenters. The molecule has 236 valence electrons. The quantitative estimate of drug-likeness (QED) is 0.173. The van der Waals surface area contributed by atoms with Crippen LogP contribution in [0.25, 0.3) is 67.2 Å². The first-order valence-electron chi connectivity index (χ1n) is 16.6. The normalized spacial score (nSPS) is 11.2. The minimum absolute atomic E-state index is 0.579. The van der Waals surface area contributed by atoms with Crippen LogP contribution in [0.2, 0.25) is 0 Å². The number of furan rings is 1. The second kappa shape index (κ2) is 12.6. The van der Waals surface area contributed by atoms with Crippen LogP contribution in [0.5, 0.6) is 0 Å². The van der Waals surface area contributed by atoms with Gasteiger partial charge in [-0.2, -0.15) is 0 Å². The molecule has 0 bridgehead atoms. The molecule has 2 heterocycles. The Morgan fingerprint density at radius 2 is 0.840 bits per heavy atom. The fraction of sp³-hybridized carbons (Fsp3) is 0. The van der Waals surface area contributed by atoms with E-state index in [1.807, 2.05) is 66.7 Å². The first-order valence-corrected chi connectivity index (χ1v) is 16.6. The van der Waals surface area contributed by atoms with Gasteiger partial charge in [0.15, 0.2) is 23.1 Å². The zero-order valence-corrected chi connectivity index (χ0v) is 27.0. The van der Waals surface area contributed by atoms with Gasteiger partial charge in [0.2, 0.25) is 0 Å². The Balaban J connectivity index is 1.27. The number of benzene rings is 7. The standard InChI is InChI=1S/C45H30N4O/c1-5-15-31(16-6-1)32-25-27-34(28-26-32)44-46-43(33-17-7-2-8-18-33)47-45(48-44)38-29-30-39(42-41(38)37-23-13-14-24-40(37)50-42)49(35-19-9-3-10-20-35)36-21-11-4-12-22-36/h1-30H. The number of rotatable bonds is 7. The molecule has 9 aromatic rings. The van der Waals surface area contributed by atoms with E-state index in [9.17, 15) is 0 Å². The Morgan fingerprint density at radius 3 is 1.46 bits per heavy atom. The fourth-order valence-electron chi connectivity index (χ4n) is 6.54. The van der Waals surface area contributed by atoms with Gasteiger partial charge >= 0.3 is 0 Å². The van der Waals surface area contributed by atoms with E-state index in [0.717, 1.165) is 66.8 Å². The second-order valence-corrected chi connectivity index (χ2v) is 12.1. The summed E-state index contributed by atoms with van der Waals surface area (Å²) in [6, 6.07) is 62.0. The lowest BCUT2D eigenvalue weighted by molar-refractivity contribution is 0.669. The third kappa shape index (κ3) is 5.37. The lowest BCUT2D eigenvalue weighted by atomic mass is 10.0. The highest BCUT2D eigenvalue weighted by molar-refractivity contribution is 6.16. The zero-order valence-electron chi connectivity index (χ0n) is 27.0. The van der Waals surface area contributed by atoms with Gasteiger partial charge in [0.05, 0.1) is 5.69 Å². The molecule has 50 heavy (non-hydrogen) atoms. The largest absolute Gasteiger partial charge is 0.454 e. The maximum atomic E-state index is 6.74. The van der Waals surface area contributed by atoms with E-state index in [4.69, 9.17) is 19.4 Å². The van der Waals surface area contributed by atoms with Crippen LogP contribution in [-0.2, 0) is 0 Å². The number of fused-ring (bicyclic) bond motifs is 3. The van der Waals surface area contributed by atoms with Crippen LogP contribution in [0.1, 0.15) is 0 Å². The van der Waals surface area contributed by atoms with Gasteiger partial charge in [-0.3, -0.25) is 0 Å². The summed E-state index contributed by atoms with van der Waals surface area (Å²) >= 11 is 0. The molecule has 0 aliphatic carbocycles. The molecule has 0 aliphatic rings. The van der Waals surface area contributed by atoms with E-state index in [0.29, 0.717) is 17.5 Å². The van der Waals surface area contributed by atoms with Gasteiger partial charge in [0.1, 0.15) is 5.58 Å².